The van der Waals surface area contributed by atoms with Crippen LogP contribution in [0, 0.1) is 19.7 Å². The van der Waals surface area contributed by atoms with Crippen molar-refractivity contribution in [1.29, 1.82) is 0 Å². The third-order valence-electron chi connectivity index (χ3n) is 3.71. The second-order valence-electron chi connectivity index (χ2n) is 5.67. The summed E-state index contributed by atoms with van der Waals surface area (Å²) in [6, 6.07) is 7.41. The van der Waals surface area contributed by atoms with Gasteiger partial charge in [0.1, 0.15) is 29.7 Å². The summed E-state index contributed by atoms with van der Waals surface area (Å²) in [6.45, 7) is 4.89. The van der Waals surface area contributed by atoms with Gasteiger partial charge < -0.3 is 14.5 Å². The monoisotopic (exact) mass is 289 g/mol. The Labute approximate surface area is 124 Å². The van der Waals surface area contributed by atoms with Crippen LogP contribution >= 0.6 is 0 Å². The normalized spacial score (nSPS) is 14.4. The Morgan fingerprint density at radius 2 is 2.05 bits per heavy atom. The van der Waals surface area contributed by atoms with E-state index in [9.17, 15) is 4.39 Å². The van der Waals surface area contributed by atoms with Crippen LogP contribution in [-0.4, -0.2) is 6.04 Å². The van der Waals surface area contributed by atoms with Crippen molar-refractivity contribution in [3.8, 4) is 5.75 Å². The zero-order chi connectivity index (χ0) is 14.8. The van der Waals surface area contributed by atoms with Crippen molar-refractivity contribution >= 4 is 0 Å². The third kappa shape index (κ3) is 3.64. The molecule has 2 aromatic rings. The van der Waals surface area contributed by atoms with Gasteiger partial charge in [0.25, 0.3) is 0 Å². The molecule has 1 aromatic heterocycles. The maximum Gasteiger partial charge on any atom is 0.146 e. The van der Waals surface area contributed by atoms with Crippen LogP contribution in [0.5, 0.6) is 5.75 Å². The molecule has 3 nitrogen and oxygen atoms in total. The minimum Gasteiger partial charge on any atom is -0.486 e. The summed E-state index contributed by atoms with van der Waals surface area (Å²) >= 11 is 0. The smallest absolute Gasteiger partial charge is 0.146 e. The van der Waals surface area contributed by atoms with E-state index in [4.69, 9.17) is 9.15 Å². The standard InChI is InChI=1S/C17H20FNO2/c1-11-7-14(5-6-16(11)18)20-10-15-8-12(2)17(21-15)9-19-13-3-4-13/h5-8,13,19H,3-4,9-10H2,1-2H3. The van der Waals surface area contributed by atoms with E-state index in [-0.39, 0.29) is 5.82 Å². The Hall–Kier alpha value is -1.81. The molecule has 0 aliphatic heterocycles. The highest BCUT2D eigenvalue weighted by Gasteiger charge is 2.21. The summed E-state index contributed by atoms with van der Waals surface area (Å²) in [5, 5.41) is 3.44. The average molecular weight is 289 g/mol. The van der Waals surface area contributed by atoms with Crippen molar-refractivity contribution in [2.45, 2.75) is 45.9 Å². The minimum atomic E-state index is -0.218. The number of ether oxygens (including phenoxy) is 1. The zero-order valence-corrected chi connectivity index (χ0v) is 12.4. The highest BCUT2D eigenvalue weighted by Crippen LogP contribution is 2.22. The fourth-order valence-corrected chi connectivity index (χ4v) is 2.22. The topological polar surface area (TPSA) is 34.4 Å². The van der Waals surface area contributed by atoms with Crippen LogP contribution in [0.3, 0.4) is 0 Å². The average Bonchev–Trinajstić information content (AvgIpc) is 3.22. The van der Waals surface area contributed by atoms with Crippen molar-refractivity contribution < 1.29 is 13.5 Å². The van der Waals surface area contributed by atoms with E-state index in [0.717, 1.165) is 23.6 Å². The lowest BCUT2D eigenvalue weighted by Crippen LogP contribution is -2.15. The van der Waals surface area contributed by atoms with Gasteiger partial charge in [0, 0.05) is 6.04 Å². The molecule has 0 amide bonds. The molecule has 1 saturated carbocycles. The van der Waals surface area contributed by atoms with Gasteiger partial charge in [0.15, 0.2) is 0 Å². The lowest BCUT2D eigenvalue weighted by atomic mass is 10.2. The molecule has 0 saturated heterocycles. The number of nitrogens with one attached hydrogen (secondary N) is 1. The van der Waals surface area contributed by atoms with Crippen LogP contribution in [0.25, 0.3) is 0 Å². The minimum absolute atomic E-state index is 0.218. The molecule has 0 unspecified atom stereocenters. The Morgan fingerprint density at radius 1 is 1.24 bits per heavy atom. The van der Waals surface area contributed by atoms with Crippen LogP contribution in [-0.2, 0) is 13.2 Å². The largest absolute Gasteiger partial charge is 0.486 e. The molecule has 1 aliphatic carbocycles. The molecule has 1 N–H and O–H groups in total. The fourth-order valence-electron chi connectivity index (χ4n) is 2.22. The van der Waals surface area contributed by atoms with Gasteiger partial charge in [-0.2, -0.15) is 0 Å². The highest BCUT2D eigenvalue weighted by atomic mass is 19.1. The van der Waals surface area contributed by atoms with Gasteiger partial charge in [0.05, 0.1) is 6.54 Å². The predicted molar refractivity (Wildman–Crippen MR) is 78.8 cm³/mol. The Balaban J connectivity index is 1.59. The van der Waals surface area contributed by atoms with E-state index < -0.39 is 0 Å². The molecule has 3 rings (SSSR count). The third-order valence-corrected chi connectivity index (χ3v) is 3.71. The van der Waals surface area contributed by atoms with Gasteiger partial charge in [-0.3, -0.25) is 0 Å². The first-order valence-corrected chi connectivity index (χ1v) is 7.32. The van der Waals surface area contributed by atoms with Gasteiger partial charge in [-0.15, -0.1) is 0 Å². The molecule has 0 bridgehead atoms. The number of benzene rings is 1. The van der Waals surface area contributed by atoms with Crippen LogP contribution in [0.1, 0.15) is 35.5 Å². The van der Waals surface area contributed by atoms with Gasteiger partial charge in [-0.25, -0.2) is 4.39 Å². The molecule has 1 aliphatic rings. The molecule has 1 heterocycles. The second-order valence-corrected chi connectivity index (χ2v) is 5.67. The lowest BCUT2D eigenvalue weighted by molar-refractivity contribution is 0.264. The molecule has 112 valence electrons. The number of aryl methyl sites for hydroxylation is 2. The number of furan rings is 1. The van der Waals surface area contributed by atoms with Gasteiger partial charge in [-0.1, -0.05) is 0 Å². The Morgan fingerprint density at radius 3 is 2.76 bits per heavy atom. The second kappa shape index (κ2) is 5.90. The van der Waals surface area contributed by atoms with Crippen molar-refractivity contribution in [2.24, 2.45) is 0 Å². The van der Waals surface area contributed by atoms with Crippen LogP contribution in [0.4, 0.5) is 4.39 Å². The SMILES string of the molecule is Cc1cc(OCc2cc(C)c(CNC3CC3)o2)ccc1F. The molecule has 1 fully saturated rings. The molecule has 0 atom stereocenters. The summed E-state index contributed by atoms with van der Waals surface area (Å²) in [6.07, 6.45) is 2.53. The first-order chi connectivity index (χ1) is 10.1. The first kappa shape index (κ1) is 14.1. The van der Waals surface area contributed by atoms with Crippen molar-refractivity contribution in [3.05, 3.63) is 52.7 Å². The summed E-state index contributed by atoms with van der Waals surface area (Å²) in [4.78, 5) is 0. The van der Waals surface area contributed by atoms with E-state index in [1.165, 1.54) is 18.9 Å². The Bertz CT molecular complexity index is 632. The molecule has 21 heavy (non-hydrogen) atoms. The van der Waals surface area contributed by atoms with E-state index in [1.807, 2.05) is 13.0 Å². The highest BCUT2D eigenvalue weighted by molar-refractivity contribution is 5.29. The maximum absolute atomic E-state index is 13.2. The Kier molecular flexibility index (Phi) is 3.97. The maximum atomic E-state index is 13.2. The quantitative estimate of drug-likeness (QED) is 0.876. The van der Waals surface area contributed by atoms with Crippen molar-refractivity contribution in [1.82, 2.24) is 5.32 Å². The number of hydrogen-bond donors (Lipinski definition) is 1. The van der Waals surface area contributed by atoms with Gasteiger partial charge >= 0.3 is 0 Å². The molecule has 0 radical (unpaired) electrons. The lowest BCUT2D eigenvalue weighted by Gasteiger charge is -2.05. The zero-order valence-electron chi connectivity index (χ0n) is 12.4. The fraction of sp³-hybridized carbons (Fsp3) is 0.412. The van der Waals surface area contributed by atoms with E-state index in [2.05, 4.69) is 5.32 Å². The van der Waals surface area contributed by atoms with Crippen LogP contribution in [0.2, 0.25) is 0 Å². The van der Waals surface area contributed by atoms with Crippen molar-refractivity contribution in [3.63, 3.8) is 0 Å². The number of rotatable bonds is 6. The summed E-state index contributed by atoms with van der Waals surface area (Å²) in [7, 11) is 0. The van der Waals surface area contributed by atoms with Crippen LogP contribution < -0.4 is 10.1 Å². The predicted octanol–water partition coefficient (Wildman–Crippen LogP) is 3.87. The van der Waals surface area contributed by atoms with Gasteiger partial charge in [0.2, 0.25) is 0 Å². The molecule has 0 spiro atoms. The molecular formula is C17H20FNO2. The summed E-state index contributed by atoms with van der Waals surface area (Å²) in [5.74, 6) is 2.20. The van der Waals surface area contributed by atoms with E-state index in [1.54, 1.807) is 19.1 Å². The van der Waals surface area contributed by atoms with Crippen molar-refractivity contribution in [2.75, 3.05) is 0 Å². The summed E-state index contributed by atoms with van der Waals surface area (Å²) < 4.78 is 24.7. The first-order valence-electron chi connectivity index (χ1n) is 7.32. The molecular weight excluding hydrogens is 269 g/mol. The number of hydrogen-bond acceptors (Lipinski definition) is 3. The van der Waals surface area contributed by atoms with E-state index in [0.29, 0.717) is 24.0 Å². The molecule has 4 heteroatoms. The van der Waals surface area contributed by atoms with Crippen LogP contribution in [0.15, 0.2) is 28.7 Å². The number of halogens is 1. The van der Waals surface area contributed by atoms with Gasteiger partial charge in [-0.05, 0) is 62.1 Å². The molecule has 1 aromatic carbocycles. The summed E-state index contributed by atoms with van der Waals surface area (Å²) in [5.41, 5.74) is 1.72. The van der Waals surface area contributed by atoms with E-state index >= 15 is 0 Å².